The third-order valence-electron chi connectivity index (χ3n) is 3.79. The van der Waals surface area contributed by atoms with Gasteiger partial charge in [-0.05, 0) is 37.9 Å². The molecule has 2 atom stereocenters. The zero-order chi connectivity index (χ0) is 17.0. The Balaban J connectivity index is 2.38. The van der Waals surface area contributed by atoms with E-state index in [9.17, 15) is 13.2 Å². The van der Waals surface area contributed by atoms with Gasteiger partial charge in [-0.3, -0.25) is 9.78 Å². The van der Waals surface area contributed by atoms with Gasteiger partial charge in [0.15, 0.2) is 9.84 Å². The normalized spacial score (nSPS) is 21.6. The molecule has 1 aromatic heterocycles. The van der Waals surface area contributed by atoms with E-state index in [4.69, 9.17) is 4.74 Å². The lowest BCUT2D eigenvalue weighted by molar-refractivity contribution is -0.148. The Kier molecular flexibility index (Phi) is 5.75. The van der Waals surface area contributed by atoms with Crippen molar-refractivity contribution in [2.24, 2.45) is 11.8 Å². The number of rotatable bonds is 6. The summed E-state index contributed by atoms with van der Waals surface area (Å²) in [6.07, 6.45) is 2.18. The molecule has 2 rings (SSSR count). The quantitative estimate of drug-likeness (QED) is 0.794. The predicted molar refractivity (Wildman–Crippen MR) is 86.6 cm³/mol. The Morgan fingerprint density at radius 3 is 2.87 bits per heavy atom. The van der Waals surface area contributed by atoms with E-state index in [-0.39, 0.29) is 22.5 Å². The zero-order valence-corrected chi connectivity index (χ0v) is 14.6. The summed E-state index contributed by atoms with van der Waals surface area (Å²) in [6, 6.07) is 2.76. The molecule has 1 aliphatic heterocycles. The van der Waals surface area contributed by atoms with Gasteiger partial charge in [-0.25, -0.2) is 8.42 Å². The first kappa shape index (κ1) is 17.9. The van der Waals surface area contributed by atoms with Crippen LogP contribution < -0.4 is 5.32 Å². The predicted octanol–water partition coefficient (Wildman–Crippen LogP) is 1.72. The second kappa shape index (κ2) is 7.40. The van der Waals surface area contributed by atoms with Crippen LogP contribution in [0.1, 0.15) is 38.9 Å². The maximum atomic E-state index is 12.6. The van der Waals surface area contributed by atoms with Crippen LogP contribution in [0.2, 0.25) is 0 Å². The minimum absolute atomic E-state index is 0.0189. The summed E-state index contributed by atoms with van der Waals surface area (Å²) in [4.78, 5) is 16.6. The molecule has 6 nitrogen and oxygen atoms in total. The number of ether oxygens (including phenoxy) is 1. The van der Waals surface area contributed by atoms with Gasteiger partial charge >= 0.3 is 5.97 Å². The van der Waals surface area contributed by atoms with E-state index in [0.717, 1.165) is 0 Å². The van der Waals surface area contributed by atoms with Crippen molar-refractivity contribution in [1.29, 1.82) is 0 Å². The van der Waals surface area contributed by atoms with Crippen LogP contribution in [0.15, 0.2) is 23.2 Å². The minimum atomic E-state index is -3.44. The van der Waals surface area contributed by atoms with Crippen molar-refractivity contribution in [3.8, 4) is 0 Å². The molecule has 0 amide bonds. The molecule has 0 saturated carbocycles. The van der Waals surface area contributed by atoms with Crippen molar-refractivity contribution < 1.29 is 17.9 Å². The molecular formula is C16H24N2O4S. The Morgan fingerprint density at radius 2 is 2.22 bits per heavy atom. The molecule has 0 spiro atoms. The van der Waals surface area contributed by atoms with Crippen molar-refractivity contribution in [3.63, 3.8) is 0 Å². The molecule has 0 aliphatic carbocycles. The Morgan fingerprint density at radius 1 is 1.48 bits per heavy atom. The fourth-order valence-corrected chi connectivity index (χ4v) is 4.76. The fourth-order valence-electron chi connectivity index (χ4n) is 2.92. The number of carbonyl (C=O) groups excluding carboxylic acids is 1. The Labute approximate surface area is 137 Å². The number of nitrogens with zero attached hydrogens (tertiary/aromatic N) is 1. The number of hydrogen-bond acceptors (Lipinski definition) is 6. The van der Waals surface area contributed by atoms with Crippen LogP contribution in [0.5, 0.6) is 0 Å². The van der Waals surface area contributed by atoms with Gasteiger partial charge in [-0.1, -0.05) is 13.8 Å². The van der Waals surface area contributed by atoms with Crippen LogP contribution in [0.4, 0.5) is 0 Å². The fraction of sp³-hybridized carbons (Fsp3) is 0.625. The summed E-state index contributed by atoms with van der Waals surface area (Å²) in [5, 5.41) is 3.20. The summed E-state index contributed by atoms with van der Waals surface area (Å²) in [5.41, 5.74) is 0.420. The molecule has 0 radical (unpaired) electrons. The summed E-state index contributed by atoms with van der Waals surface area (Å²) >= 11 is 0. The van der Waals surface area contributed by atoms with Crippen LogP contribution in [0, 0.1) is 11.8 Å². The Bertz CT molecular complexity index is 658. The van der Waals surface area contributed by atoms with E-state index in [0.29, 0.717) is 25.3 Å². The van der Waals surface area contributed by atoms with Gasteiger partial charge < -0.3 is 10.1 Å². The zero-order valence-electron chi connectivity index (χ0n) is 13.8. The first-order chi connectivity index (χ1) is 10.9. The molecule has 7 heteroatoms. The minimum Gasteiger partial charge on any atom is -0.466 e. The number of carbonyl (C=O) groups is 1. The molecule has 0 bridgehead atoms. The number of esters is 1. The van der Waals surface area contributed by atoms with Gasteiger partial charge in [0.05, 0.1) is 34.9 Å². The van der Waals surface area contributed by atoms with E-state index in [1.807, 2.05) is 13.8 Å². The maximum absolute atomic E-state index is 12.6. The van der Waals surface area contributed by atoms with E-state index >= 15 is 0 Å². The third-order valence-corrected chi connectivity index (χ3v) is 5.91. The third kappa shape index (κ3) is 4.09. The second-order valence-electron chi connectivity index (χ2n) is 6.14. The van der Waals surface area contributed by atoms with Crippen molar-refractivity contribution in [3.05, 3.63) is 24.0 Å². The number of aromatic nitrogens is 1. The average molecular weight is 340 g/mol. The van der Waals surface area contributed by atoms with E-state index in [2.05, 4.69) is 10.3 Å². The van der Waals surface area contributed by atoms with Crippen molar-refractivity contribution >= 4 is 15.8 Å². The average Bonchev–Trinajstić information content (AvgIpc) is 2.95. The highest BCUT2D eigenvalue weighted by atomic mass is 32.2. The van der Waals surface area contributed by atoms with Crippen LogP contribution in [0.3, 0.4) is 0 Å². The summed E-state index contributed by atoms with van der Waals surface area (Å²) in [6.45, 7) is 6.43. The van der Waals surface area contributed by atoms with Gasteiger partial charge in [-0.2, -0.15) is 0 Å². The van der Waals surface area contributed by atoms with Crippen LogP contribution in [-0.2, 0) is 19.4 Å². The molecule has 2 heterocycles. The number of pyridine rings is 1. The smallest absolute Gasteiger partial charge is 0.310 e. The lowest BCUT2D eigenvalue weighted by atomic mass is 9.98. The van der Waals surface area contributed by atoms with Gasteiger partial charge in [0.2, 0.25) is 0 Å². The SMILES string of the molecule is CCOC(=O)[C@H]1CCN[C@H]1c1ncccc1S(=O)(=O)CC(C)C. The summed E-state index contributed by atoms with van der Waals surface area (Å²) in [7, 11) is -3.44. The summed E-state index contributed by atoms with van der Waals surface area (Å²) in [5.74, 6) is -0.633. The lowest BCUT2D eigenvalue weighted by Gasteiger charge is -2.20. The van der Waals surface area contributed by atoms with Crippen LogP contribution in [-0.4, -0.2) is 38.3 Å². The van der Waals surface area contributed by atoms with Crippen molar-refractivity contribution in [1.82, 2.24) is 10.3 Å². The molecule has 0 aromatic carbocycles. The van der Waals surface area contributed by atoms with Crippen molar-refractivity contribution in [2.75, 3.05) is 18.9 Å². The largest absolute Gasteiger partial charge is 0.466 e. The molecule has 128 valence electrons. The van der Waals surface area contributed by atoms with Gasteiger partial charge in [-0.15, -0.1) is 0 Å². The van der Waals surface area contributed by atoms with Gasteiger partial charge in [0, 0.05) is 6.20 Å². The lowest BCUT2D eigenvalue weighted by Crippen LogP contribution is -2.28. The van der Waals surface area contributed by atoms with Crippen LogP contribution >= 0.6 is 0 Å². The topological polar surface area (TPSA) is 85.4 Å². The van der Waals surface area contributed by atoms with E-state index < -0.39 is 21.8 Å². The molecular weight excluding hydrogens is 316 g/mol. The number of sulfone groups is 1. The molecule has 1 saturated heterocycles. The molecule has 1 fully saturated rings. The molecule has 1 aliphatic rings. The first-order valence-corrected chi connectivity index (χ1v) is 9.59. The van der Waals surface area contributed by atoms with Crippen molar-refractivity contribution in [2.45, 2.75) is 38.1 Å². The molecule has 1 aromatic rings. The molecule has 1 N–H and O–H groups in total. The number of hydrogen-bond donors (Lipinski definition) is 1. The van der Waals surface area contributed by atoms with Gasteiger partial charge in [0.1, 0.15) is 0 Å². The highest BCUT2D eigenvalue weighted by Gasteiger charge is 2.38. The van der Waals surface area contributed by atoms with E-state index in [1.165, 1.54) is 0 Å². The monoisotopic (exact) mass is 340 g/mol. The highest BCUT2D eigenvalue weighted by Crippen LogP contribution is 2.33. The number of nitrogens with one attached hydrogen (secondary N) is 1. The summed E-state index contributed by atoms with van der Waals surface area (Å²) < 4.78 is 30.4. The standard InChI is InChI=1S/C16H24N2O4S/c1-4-22-16(19)12-7-9-18-14(12)15-13(6-5-8-17-15)23(20,21)10-11(2)3/h5-6,8,11-12,14,18H,4,7,9-10H2,1-3H3/t12-,14+/m0/s1. The van der Waals surface area contributed by atoms with Crippen LogP contribution in [0.25, 0.3) is 0 Å². The van der Waals surface area contributed by atoms with Gasteiger partial charge in [0.25, 0.3) is 0 Å². The second-order valence-corrected chi connectivity index (χ2v) is 8.14. The molecule has 23 heavy (non-hydrogen) atoms. The van der Waals surface area contributed by atoms with E-state index in [1.54, 1.807) is 25.3 Å². The molecule has 0 unspecified atom stereocenters. The maximum Gasteiger partial charge on any atom is 0.310 e. The first-order valence-electron chi connectivity index (χ1n) is 7.94. The highest BCUT2D eigenvalue weighted by molar-refractivity contribution is 7.91. The Hall–Kier alpha value is -1.47.